The Morgan fingerprint density at radius 1 is 1.09 bits per heavy atom. The molecule has 0 aliphatic carbocycles. The van der Waals surface area contributed by atoms with Crippen LogP contribution in [0, 0.1) is 13.8 Å². The van der Waals surface area contributed by atoms with Crippen LogP contribution in [0.2, 0.25) is 0 Å². The molecule has 0 spiro atoms. The molecule has 0 radical (unpaired) electrons. The number of carbonyl (C=O) groups excluding carboxylic acids is 1. The molecule has 0 unspecified atom stereocenters. The molecule has 2 aromatic rings. The highest BCUT2D eigenvalue weighted by atomic mass is 16.1. The van der Waals surface area contributed by atoms with Gasteiger partial charge in [0.15, 0.2) is 11.6 Å². The maximum atomic E-state index is 11.6. The molecule has 0 atom stereocenters. The molecule has 5 nitrogen and oxygen atoms in total. The molecule has 2 N–H and O–H groups in total. The number of aromatic nitrogens is 2. The first kappa shape index (κ1) is 15.9. The molecule has 1 heterocycles. The molecule has 22 heavy (non-hydrogen) atoms. The van der Waals surface area contributed by atoms with Gasteiger partial charge < -0.3 is 10.6 Å². The quantitative estimate of drug-likeness (QED) is 0.847. The normalized spacial score (nSPS) is 10.3. The third kappa shape index (κ3) is 4.28. The fourth-order valence-electron chi connectivity index (χ4n) is 2.03. The monoisotopic (exact) mass is 298 g/mol. The number of benzene rings is 1. The lowest BCUT2D eigenvalue weighted by atomic mass is 10.1. The number of anilines is 3. The highest BCUT2D eigenvalue weighted by molar-refractivity contribution is 5.89. The Bertz CT molecular complexity index is 638. The Hall–Kier alpha value is -2.43. The van der Waals surface area contributed by atoms with E-state index < -0.39 is 0 Å². The number of nitrogens with one attached hydrogen (secondary N) is 2. The zero-order chi connectivity index (χ0) is 15.9. The summed E-state index contributed by atoms with van der Waals surface area (Å²) in [7, 11) is 0. The molecule has 0 aliphatic heterocycles. The Balaban J connectivity index is 2.00. The summed E-state index contributed by atoms with van der Waals surface area (Å²) in [4.78, 5) is 11.6. The molecule has 0 fully saturated rings. The molecule has 5 heteroatoms. The number of hydrogen-bond donors (Lipinski definition) is 2. The largest absolute Gasteiger partial charge is 0.339 e. The molecule has 0 aliphatic rings. The predicted octanol–water partition coefficient (Wildman–Crippen LogP) is 3.97. The van der Waals surface area contributed by atoms with Crippen molar-refractivity contribution in [3.63, 3.8) is 0 Å². The van der Waals surface area contributed by atoms with Crippen LogP contribution in [0.3, 0.4) is 0 Å². The van der Waals surface area contributed by atoms with Crippen LogP contribution in [0.25, 0.3) is 0 Å². The zero-order valence-electron chi connectivity index (χ0n) is 13.3. The molecule has 0 bridgehead atoms. The number of amides is 1. The number of aryl methyl sites for hydroxylation is 1. The van der Waals surface area contributed by atoms with Gasteiger partial charge in [0.05, 0.1) is 0 Å². The van der Waals surface area contributed by atoms with Crippen LogP contribution in [0.1, 0.15) is 37.3 Å². The summed E-state index contributed by atoms with van der Waals surface area (Å²) < 4.78 is 0. The van der Waals surface area contributed by atoms with Gasteiger partial charge in [0.1, 0.15) is 0 Å². The van der Waals surface area contributed by atoms with Gasteiger partial charge in [-0.05, 0) is 49.6 Å². The van der Waals surface area contributed by atoms with Crippen molar-refractivity contribution in [2.75, 3.05) is 10.6 Å². The van der Waals surface area contributed by atoms with Crippen LogP contribution in [-0.4, -0.2) is 16.1 Å². The Kier molecular flexibility index (Phi) is 5.47. The average molecular weight is 298 g/mol. The second-order valence-electron chi connectivity index (χ2n) is 5.33. The summed E-state index contributed by atoms with van der Waals surface area (Å²) in [6, 6.07) is 9.64. The van der Waals surface area contributed by atoms with E-state index in [1.54, 1.807) is 6.07 Å². The minimum absolute atomic E-state index is 0.0219. The summed E-state index contributed by atoms with van der Waals surface area (Å²) in [5.74, 6) is 1.11. The number of rotatable bonds is 6. The van der Waals surface area contributed by atoms with Gasteiger partial charge in [-0.25, -0.2) is 0 Å². The Labute approximate surface area is 131 Å². The molecule has 1 aromatic carbocycles. The lowest BCUT2D eigenvalue weighted by molar-refractivity contribution is -0.116. The maximum Gasteiger partial charge on any atom is 0.225 e. The molecule has 116 valence electrons. The number of hydrogen-bond acceptors (Lipinski definition) is 4. The van der Waals surface area contributed by atoms with Gasteiger partial charge in [-0.3, -0.25) is 4.79 Å². The fraction of sp³-hybridized carbons (Fsp3) is 0.353. The summed E-state index contributed by atoms with van der Waals surface area (Å²) in [5, 5.41) is 14.1. The van der Waals surface area contributed by atoms with E-state index in [-0.39, 0.29) is 5.91 Å². The van der Waals surface area contributed by atoms with Gasteiger partial charge in [0, 0.05) is 12.1 Å². The predicted molar refractivity (Wildman–Crippen MR) is 89.4 cm³/mol. The van der Waals surface area contributed by atoms with Crippen LogP contribution in [-0.2, 0) is 4.79 Å². The van der Waals surface area contributed by atoms with Crippen LogP contribution in [0.15, 0.2) is 30.3 Å². The summed E-state index contributed by atoms with van der Waals surface area (Å²) in [5.41, 5.74) is 3.41. The molecule has 1 amide bonds. The SMILES string of the molecule is CCCCC(=O)Nc1ccc(Nc2cccc(C)c2C)nn1. The summed E-state index contributed by atoms with van der Waals surface area (Å²) >= 11 is 0. The molecule has 0 saturated heterocycles. The maximum absolute atomic E-state index is 11.6. The third-order valence-corrected chi connectivity index (χ3v) is 3.56. The van der Waals surface area contributed by atoms with E-state index in [2.05, 4.69) is 47.7 Å². The molecular formula is C17H22N4O. The van der Waals surface area contributed by atoms with Gasteiger partial charge in [-0.2, -0.15) is 0 Å². The standard InChI is InChI=1S/C17H22N4O/c1-4-5-9-17(22)19-16-11-10-15(20-21-16)18-14-8-6-7-12(2)13(14)3/h6-8,10-11H,4-5,9H2,1-3H3,(H,18,20)(H,19,21,22). The number of nitrogens with zero attached hydrogens (tertiary/aromatic N) is 2. The highest BCUT2D eigenvalue weighted by Crippen LogP contribution is 2.21. The highest BCUT2D eigenvalue weighted by Gasteiger charge is 2.05. The van der Waals surface area contributed by atoms with E-state index in [0.717, 1.165) is 18.5 Å². The lowest BCUT2D eigenvalue weighted by Crippen LogP contribution is -2.12. The molecule has 2 rings (SSSR count). The van der Waals surface area contributed by atoms with Crippen LogP contribution in [0.4, 0.5) is 17.3 Å². The first-order chi connectivity index (χ1) is 10.6. The van der Waals surface area contributed by atoms with Gasteiger partial charge in [0.2, 0.25) is 5.91 Å². The summed E-state index contributed by atoms with van der Waals surface area (Å²) in [6.07, 6.45) is 2.39. The van der Waals surface area contributed by atoms with Crippen molar-refractivity contribution in [3.05, 3.63) is 41.5 Å². The van der Waals surface area contributed by atoms with E-state index in [9.17, 15) is 4.79 Å². The Morgan fingerprint density at radius 2 is 1.82 bits per heavy atom. The average Bonchev–Trinajstić information content (AvgIpc) is 2.51. The van der Waals surface area contributed by atoms with E-state index in [1.165, 1.54) is 11.1 Å². The minimum Gasteiger partial charge on any atom is -0.339 e. The van der Waals surface area contributed by atoms with Gasteiger partial charge in [0.25, 0.3) is 0 Å². The molecular weight excluding hydrogens is 276 g/mol. The number of unbranched alkanes of at least 4 members (excludes halogenated alkanes) is 1. The Morgan fingerprint density at radius 3 is 2.50 bits per heavy atom. The second-order valence-corrected chi connectivity index (χ2v) is 5.33. The first-order valence-electron chi connectivity index (χ1n) is 7.57. The van der Waals surface area contributed by atoms with Crippen molar-refractivity contribution in [2.45, 2.75) is 40.0 Å². The van der Waals surface area contributed by atoms with Crippen molar-refractivity contribution < 1.29 is 4.79 Å². The van der Waals surface area contributed by atoms with Crippen LogP contribution >= 0.6 is 0 Å². The van der Waals surface area contributed by atoms with Crippen molar-refractivity contribution in [1.82, 2.24) is 10.2 Å². The first-order valence-corrected chi connectivity index (χ1v) is 7.57. The van der Waals surface area contributed by atoms with Gasteiger partial charge in [-0.15, -0.1) is 10.2 Å². The summed E-state index contributed by atoms with van der Waals surface area (Å²) in [6.45, 7) is 6.19. The van der Waals surface area contributed by atoms with E-state index in [1.807, 2.05) is 18.2 Å². The van der Waals surface area contributed by atoms with Crippen molar-refractivity contribution in [1.29, 1.82) is 0 Å². The fourth-order valence-corrected chi connectivity index (χ4v) is 2.03. The smallest absolute Gasteiger partial charge is 0.225 e. The van der Waals surface area contributed by atoms with Crippen molar-refractivity contribution in [2.24, 2.45) is 0 Å². The minimum atomic E-state index is -0.0219. The van der Waals surface area contributed by atoms with Crippen molar-refractivity contribution >= 4 is 23.2 Å². The third-order valence-electron chi connectivity index (χ3n) is 3.56. The van der Waals surface area contributed by atoms with Crippen molar-refractivity contribution in [3.8, 4) is 0 Å². The molecule has 0 saturated carbocycles. The lowest BCUT2D eigenvalue weighted by Gasteiger charge is -2.10. The van der Waals surface area contributed by atoms with Crippen LogP contribution in [0.5, 0.6) is 0 Å². The molecule has 1 aromatic heterocycles. The number of carbonyl (C=O) groups is 1. The van der Waals surface area contributed by atoms with E-state index in [4.69, 9.17) is 0 Å². The van der Waals surface area contributed by atoms with E-state index >= 15 is 0 Å². The zero-order valence-corrected chi connectivity index (χ0v) is 13.3. The van der Waals surface area contributed by atoms with E-state index in [0.29, 0.717) is 18.1 Å². The van der Waals surface area contributed by atoms with Gasteiger partial charge in [-0.1, -0.05) is 25.5 Å². The topological polar surface area (TPSA) is 66.9 Å². The van der Waals surface area contributed by atoms with Gasteiger partial charge >= 0.3 is 0 Å². The van der Waals surface area contributed by atoms with Crippen LogP contribution < -0.4 is 10.6 Å². The second kappa shape index (κ2) is 7.54.